The predicted octanol–water partition coefficient (Wildman–Crippen LogP) is 4.65. The fraction of sp³-hybridized carbons (Fsp3) is 0.667. The number of hydrogen-bond donors (Lipinski definition) is 1. The van der Waals surface area contributed by atoms with Gasteiger partial charge < -0.3 is 5.32 Å². The molecule has 2 rings (SSSR count). The molecule has 0 radical (unpaired) electrons. The van der Waals surface area contributed by atoms with E-state index in [2.05, 4.69) is 57.3 Å². The molecule has 1 aliphatic carbocycles. The van der Waals surface area contributed by atoms with Crippen molar-refractivity contribution in [1.82, 2.24) is 5.32 Å². The molecule has 1 saturated carbocycles. The maximum atomic E-state index is 3.65. The van der Waals surface area contributed by atoms with Crippen LogP contribution in [0.5, 0.6) is 0 Å². The zero-order chi connectivity index (χ0) is 13.9. The van der Waals surface area contributed by atoms with Crippen molar-refractivity contribution in [3.63, 3.8) is 0 Å². The molecule has 0 aromatic heterocycles. The monoisotopic (exact) mass is 259 g/mol. The van der Waals surface area contributed by atoms with Crippen LogP contribution in [0.15, 0.2) is 24.3 Å². The lowest BCUT2D eigenvalue weighted by Crippen LogP contribution is -2.23. The summed E-state index contributed by atoms with van der Waals surface area (Å²) in [6, 6.07) is 9.09. The molecule has 0 heterocycles. The first-order chi connectivity index (χ1) is 8.95. The zero-order valence-electron chi connectivity index (χ0n) is 13.1. The van der Waals surface area contributed by atoms with Crippen molar-refractivity contribution >= 4 is 0 Å². The molecule has 1 aliphatic rings. The Bertz CT molecular complexity index is 393. The third kappa shape index (κ3) is 4.07. The molecule has 0 saturated heterocycles. The van der Waals surface area contributed by atoms with E-state index >= 15 is 0 Å². The van der Waals surface area contributed by atoms with E-state index in [1.807, 2.05) is 0 Å². The molecule has 1 aromatic rings. The van der Waals surface area contributed by atoms with Crippen molar-refractivity contribution in [2.75, 3.05) is 6.54 Å². The zero-order valence-corrected chi connectivity index (χ0v) is 13.1. The molecule has 0 aliphatic heterocycles. The van der Waals surface area contributed by atoms with E-state index < -0.39 is 0 Å². The number of nitrogens with one attached hydrogen (secondary N) is 1. The minimum Gasteiger partial charge on any atom is -0.312 e. The fourth-order valence-electron chi connectivity index (χ4n) is 2.82. The minimum absolute atomic E-state index is 0.255. The molecule has 0 spiro atoms. The second-order valence-corrected chi connectivity index (χ2v) is 7.30. The van der Waals surface area contributed by atoms with Crippen LogP contribution in [0.1, 0.15) is 64.5 Å². The van der Waals surface area contributed by atoms with Gasteiger partial charge in [0.05, 0.1) is 0 Å². The number of rotatable bonds is 6. The summed E-state index contributed by atoms with van der Waals surface area (Å²) in [4.78, 5) is 0. The van der Waals surface area contributed by atoms with Crippen LogP contribution in [0.3, 0.4) is 0 Å². The van der Waals surface area contributed by atoms with Gasteiger partial charge in [0, 0.05) is 13.1 Å². The summed E-state index contributed by atoms with van der Waals surface area (Å²) in [6.45, 7) is 11.3. The van der Waals surface area contributed by atoms with Gasteiger partial charge in [-0.3, -0.25) is 0 Å². The highest BCUT2D eigenvalue weighted by Crippen LogP contribution is 2.48. The normalized spacial score (nSPS) is 17.5. The molecule has 1 heteroatoms. The SMILES string of the molecule is CCCC1(CNCc2ccc(C(C)(C)C)cc2)CC1. The van der Waals surface area contributed by atoms with E-state index in [1.54, 1.807) is 0 Å². The van der Waals surface area contributed by atoms with Gasteiger partial charge in [0.1, 0.15) is 0 Å². The molecule has 1 aromatic carbocycles. The Labute approximate surface area is 118 Å². The van der Waals surface area contributed by atoms with Crippen LogP contribution in [0.4, 0.5) is 0 Å². The standard InChI is InChI=1S/C18H29N/c1-5-10-18(11-12-18)14-19-13-15-6-8-16(9-7-15)17(2,3)4/h6-9,19H,5,10-14H2,1-4H3. The number of hydrogen-bond acceptors (Lipinski definition) is 1. The van der Waals surface area contributed by atoms with Gasteiger partial charge in [-0.15, -0.1) is 0 Å². The van der Waals surface area contributed by atoms with Crippen LogP contribution in [-0.2, 0) is 12.0 Å². The smallest absolute Gasteiger partial charge is 0.0205 e. The maximum absolute atomic E-state index is 3.65. The van der Waals surface area contributed by atoms with Crippen molar-refractivity contribution in [3.8, 4) is 0 Å². The Morgan fingerprint density at radius 2 is 1.74 bits per heavy atom. The first-order valence-corrected chi connectivity index (χ1v) is 7.75. The van der Waals surface area contributed by atoms with Gasteiger partial charge in [-0.2, -0.15) is 0 Å². The van der Waals surface area contributed by atoms with E-state index in [4.69, 9.17) is 0 Å². The summed E-state index contributed by atoms with van der Waals surface area (Å²) in [5.74, 6) is 0. The molecule has 0 bridgehead atoms. The Morgan fingerprint density at radius 3 is 2.21 bits per heavy atom. The average molecular weight is 259 g/mol. The van der Waals surface area contributed by atoms with Crippen molar-refractivity contribution in [3.05, 3.63) is 35.4 Å². The summed E-state index contributed by atoms with van der Waals surface area (Å²) >= 11 is 0. The van der Waals surface area contributed by atoms with Crippen LogP contribution >= 0.6 is 0 Å². The largest absolute Gasteiger partial charge is 0.312 e. The van der Waals surface area contributed by atoms with Gasteiger partial charge in [0.15, 0.2) is 0 Å². The summed E-state index contributed by atoms with van der Waals surface area (Å²) < 4.78 is 0. The van der Waals surface area contributed by atoms with E-state index in [0.29, 0.717) is 5.41 Å². The van der Waals surface area contributed by atoms with Gasteiger partial charge in [0.2, 0.25) is 0 Å². The minimum atomic E-state index is 0.255. The fourth-order valence-corrected chi connectivity index (χ4v) is 2.82. The summed E-state index contributed by atoms with van der Waals surface area (Å²) in [6.07, 6.45) is 5.57. The first kappa shape index (κ1) is 14.6. The second kappa shape index (κ2) is 5.66. The first-order valence-electron chi connectivity index (χ1n) is 7.75. The molecule has 19 heavy (non-hydrogen) atoms. The molecule has 1 fully saturated rings. The summed E-state index contributed by atoms with van der Waals surface area (Å²) in [5.41, 5.74) is 3.73. The molecule has 1 nitrogen and oxygen atoms in total. The Morgan fingerprint density at radius 1 is 1.11 bits per heavy atom. The quantitative estimate of drug-likeness (QED) is 0.784. The Kier molecular flexibility index (Phi) is 4.35. The Hall–Kier alpha value is -0.820. The molecule has 0 unspecified atom stereocenters. The topological polar surface area (TPSA) is 12.0 Å². The van der Waals surface area contributed by atoms with Crippen molar-refractivity contribution < 1.29 is 0 Å². The molecule has 1 N–H and O–H groups in total. The highest BCUT2D eigenvalue weighted by molar-refractivity contribution is 5.27. The molecule has 0 atom stereocenters. The lowest BCUT2D eigenvalue weighted by Gasteiger charge is -2.19. The van der Waals surface area contributed by atoms with Gasteiger partial charge in [0.25, 0.3) is 0 Å². The van der Waals surface area contributed by atoms with Crippen molar-refractivity contribution in [2.45, 2.75) is 65.3 Å². The maximum Gasteiger partial charge on any atom is 0.0205 e. The van der Waals surface area contributed by atoms with Crippen LogP contribution < -0.4 is 5.32 Å². The average Bonchev–Trinajstić information content (AvgIpc) is 3.09. The highest BCUT2D eigenvalue weighted by Gasteiger charge is 2.40. The molecule has 0 amide bonds. The predicted molar refractivity (Wildman–Crippen MR) is 83.4 cm³/mol. The molecular weight excluding hydrogens is 230 g/mol. The molecule has 106 valence electrons. The third-order valence-corrected chi connectivity index (χ3v) is 4.39. The number of benzene rings is 1. The van der Waals surface area contributed by atoms with E-state index in [1.165, 1.54) is 43.4 Å². The van der Waals surface area contributed by atoms with Crippen LogP contribution in [0.25, 0.3) is 0 Å². The Balaban J connectivity index is 1.81. The van der Waals surface area contributed by atoms with Gasteiger partial charge in [-0.1, -0.05) is 58.4 Å². The summed E-state index contributed by atoms with van der Waals surface area (Å²) in [7, 11) is 0. The highest BCUT2D eigenvalue weighted by atomic mass is 14.9. The second-order valence-electron chi connectivity index (χ2n) is 7.30. The van der Waals surface area contributed by atoms with Crippen LogP contribution in [-0.4, -0.2) is 6.54 Å². The van der Waals surface area contributed by atoms with Crippen molar-refractivity contribution in [1.29, 1.82) is 0 Å². The van der Waals surface area contributed by atoms with Gasteiger partial charge in [-0.05, 0) is 41.2 Å². The lowest BCUT2D eigenvalue weighted by atomic mass is 9.87. The lowest BCUT2D eigenvalue weighted by molar-refractivity contribution is 0.421. The van der Waals surface area contributed by atoms with E-state index in [9.17, 15) is 0 Å². The van der Waals surface area contributed by atoms with Gasteiger partial charge in [-0.25, -0.2) is 0 Å². The summed E-state index contributed by atoms with van der Waals surface area (Å²) in [5, 5.41) is 3.65. The van der Waals surface area contributed by atoms with Gasteiger partial charge >= 0.3 is 0 Å². The van der Waals surface area contributed by atoms with Crippen molar-refractivity contribution in [2.24, 2.45) is 5.41 Å². The van der Waals surface area contributed by atoms with E-state index in [-0.39, 0.29) is 5.41 Å². The third-order valence-electron chi connectivity index (χ3n) is 4.39. The van der Waals surface area contributed by atoms with E-state index in [0.717, 1.165) is 6.54 Å². The van der Waals surface area contributed by atoms with Crippen LogP contribution in [0, 0.1) is 5.41 Å². The van der Waals surface area contributed by atoms with Crippen LogP contribution in [0.2, 0.25) is 0 Å². The molecular formula is C18H29N.